The Morgan fingerprint density at radius 2 is 1.94 bits per heavy atom. The molecular formula is C26H19ClN2O4S3. The second-order valence-electron chi connectivity index (χ2n) is 8.93. The van der Waals surface area contributed by atoms with E-state index < -0.39 is 17.5 Å². The molecule has 2 aliphatic carbocycles. The number of carbonyl (C=O) groups excluding carboxylic acids is 1. The van der Waals surface area contributed by atoms with Gasteiger partial charge in [-0.3, -0.25) is 10.1 Å². The van der Waals surface area contributed by atoms with Crippen molar-refractivity contribution in [2.45, 2.75) is 43.6 Å². The summed E-state index contributed by atoms with van der Waals surface area (Å²) < 4.78 is 12.1. The van der Waals surface area contributed by atoms with E-state index in [2.05, 4.69) is 21.5 Å². The number of carboxylic acid groups (broad SMARTS) is 1. The van der Waals surface area contributed by atoms with Crippen molar-refractivity contribution in [2.24, 2.45) is 0 Å². The van der Waals surface area contributed by atoms with Crippen LogP contribution in [0.25, 0.3) is 9.40 Å². The molecule has 0 unspecified atom stereocenters. The third kappa shape index (κ3) is 4.50. The van der Waals surface area contributed by atoms with Crippen molar-refractivity contribution < 1.29 is 19.4 Å². The number of aromatic nitrogens is 1. The highest BCUT2D eigenvalue weighted by Gasteiger charge is 2.53. The van der Waals surface area contributed by atoms with Crippen LogP contribution < -0.4 is 5.32 Å². The molecule has 2 aliphatic rings. The van der Waals surface area contributed by atoms with Crippen LogP contribution in [0, 0.1) is 11.8 Å². The van der Waals surface area contributed by atoms with Gasteiger partial charge in [0, 0.05) is 30.8 Å². The monoisotopic (exact) mass is 554 g/mol. The van der Waals surface area contributed by atoms with Gasteiger partial charge >= 0.3 is 12.1 Å². The van der Waals surface area contributed by atoms with Crippen molar-refractivity contribution in [2.75, 3.05) is 5.32 Å². The molecule has 2 N–H and O–H groups in total. The standard InChI is InChI=1S/C26H19ClN2O4S3/c27-17-4-2-1-3-15(17)13-33-25(32)28-23-18(36-29-22(23)14-5-6-14)8-7-16-11-19-20(34-16)12-21(35-19)26(9-10-26)24(30)31/h1-4,11-12,14H,5-6,9-10,13H2,(H,28,32)(H,30,31). The largest absolute Gasteiger partial charge is 0.481 e. The number of amides is 1. The highest BCUT2D eigenvalue weighted by Crippen LogP contribution is 2.52. The molecule has 182 valence electrons. The molecule has 2 fully saturated rings. The minimum absolute atomic E-state index is 0.0694. The smallest absolute Gasteiger partial charge is 0.412 e. The van der Waals surface area contributed by atoms with Gasteiger partial charge in [0.25, 0.3) is 0 Å². The minimum Gasteiger partial charge on any atom is -0.481 e. The van der Waals surface area contributed by atoms with Gasteiger partial charge in [0.2, 0.25) is 0 Å². The fraction of sp³-hybridized carbons (Fsp3) is 0.269. The van der Waals surface area contributed by atoms with E-state index in [-0.39, 0.29) is 6.61 Å². The van der Waals surface area contributed by atoms with Crippen LogP contribution in [0.3, 0.4) is 0 Å². The number of rotatable bonds is 6. The van der Waals surface area contributed by atoms with E-state index in [9.17, 15) is 14.7 Å². The van der Waals surface area contributed by atoms with Crippen LogP contribution in [0.4, 0.5) is 10.5 Å². The molecule has 36 heavy (non-hydrogen) atoms. The molecule has 0 atom stereocenters. The zero-order chi connectivity index (χ0) is 24.9. The lowest BCUT2D eigenvalue weighted by Gasteiger charge is -2.08. The maximum atomic E-state index is 12.6. The van der Waals surface area contributed by atoms with Gasteiger partial charge in [-0.15, -0.1) is 22.7 Å². The van der Waals surface area contributed by atoms with E-state index >= 15 is 0 Å². The summed E-state index contributed by atoms with van der Waals surface area (Å²) in [4.78, 5) is 26.7. The summed E-state index contributed by atoms with van der Waals surface area (Å²) in [6.07, 6.45) is 2.92. The SMILES string of the molecule is O=C(Nc1c(C2CC2)nsc1C#Cc1cc2sc(C3(C(=O)O)CC3)cc2s1)OCc1ccccc1Cl. The van der Waals surface area contributed by atoms with E-state index in [4.69, 9.17) is 16.3 Å². The topological polar surface area (TPSA) is 88.5 Å². The third-order valence-electron chi connectivity index (χ3n) is 6.36. The molecule has 0 aliphatic heterocycles. The number of halogens is 1. The van der Waals surface area contributed by atoms with Gasteiger partial charge in [0.15, 0.2) is 0 Å². The lowest BCUT2D eigenvalue weighted by atomic mass is 10.1. The summed E-state index contributed by atoms with van der Waals surface area (Å²) >= 11 is 10.5. The van der Waals surface area contributed by atoms with Gasteiger partial charge in [-0.2, -0.15) is 4.37 Å². The van der Waals surface area contributed by atoms with Crippen LogP contribution in [-0.4, -0.2) is 21.5 Å². The molecular weight excluding hydrogens is 536 g/mol. The van der Waals surface area contributed by atoms with E-state index in [0.29, 0.717) is 34.3 Å². The first-order valence-electron chi connectivity index (χ1n) is 11.4. The van der Waals surface area contributed by atoms with E-state index in [1.165, 1.54) is 22.9 Å². The van der Waals surface area contributed by atoms with Crippen LogP contribution >= 0.6 is 45.8 Å². The van der Waals surface area contributed by atoms with Gasteiger partial charge in [-0.25, -0.2) is 4.79 Å². The molecule has 0 saturated heterocycles. The Balaban J connectivity index is 1.20. The van der Waals surface area contributed by atoms with Gasteiger partial charge in [-0.05, 0) is 67.3 Å². The Morgan fingerprint density at radius 3 is 2.64 bits per heavy atom. The molecule has 3 heterocycles. The van der Waals surface area contributed by atoms with Gasteiger partial charge in [-0.1, -0.05) is 29.8 Å². The first-order chi connectivity index (χ1) is 17.4. The average Bonchev–Trinajstić information content (AvgIpc) is 3.75. The van der Waals surface area contributed by atoms with E-state index in [1.807, 2.05) is 30.3 Å². The number of hydrogen-bond acceptors (Lipinski definition) is 7. The molecule has 0 bridgehead atoms. The molecule has 6 rings (SSSR count). The lowest BCUT2D eigenvalue weighted by molar-refractivity contribution is -0.139. The van der Waals surface area contributed by atoms with Crippen molar-refractivity contribution in [1.82, 2.24) is 4.37 Å². The van der Waals surface area contributed by atoms with Crippen molar-refractivity contribution >= 4 is 73.0 Å². The van der Waals surface area contributed by atoms with Crippen LogP contribution in [0.5, 0.6) is 0 Å². The molecule has 2 saturated carbocycles. The second kappa shape index (κ2) is 9.20. The molecule has 4 aromatic rings. The maximum Gasteiger partial charge on any atom is 0.412 e. The van der Waals surface area contributed by atoms with Crippen molar-refractivity contribution in [3.8, 4) is 11.8 Å². The van der Waals surface area contributed by atoms with Gasteiger partial charge < -0.3 is 9.84 Å². The zero-order valence-corrected chi connectivity index (χ0v) is 22.0. The fourth-order valence-electron chi connectivity index (χ4n) is 3.98. The quantitative estimate of drug-likeness (QED) is 0.246. The predicted molar refractivity (Wildman–Crippen MR) is 144 cm³/mol. The predicted octanol–water partition coefficient (Wildman–Crippen LogP) is 7.21. The number of fused-ring (bicyclic) bond motifs is 1. The van der Waals surface area contributed by atoms with Crippen LogP contribution in [0.2, 0.25) is 5.02 Å². The first-order valence-corrected chi connectivity index (χ1v) is 14.2. The number of nitrogens with zero attached hydrogens (tertiary/aromatic N) is 1. The molecule has 0 radical (unpaired) electrons. The summed E-state index contributed by atoms with van der Waals surface area (Å²) in [5.74, 6) is 5.99. The summed E-state index contributed by atoms with van der Waals surface area (Å²) in [5.41, 5.74) is 1.53. The first kappa shape index (κ1) is 23.5. The van der Waals surface area contributed by atoms with Crippen molar-refractivity contribution in [1.29, 1.82) is 0 Å². The number of carbonyl (C=O) groups is 2. The Hall–Kier alpha value is -2.90. The van der Waals surface area contributed by atoms with Crippen LogP contribution in [0.1, 0.15) is 57.5 Å². The van der Waals surface area contributed by atoms with Gasteiger partial charge in [0.05, 0.1) is 16.3 Å². The minimum atomic E-state index is -0.737. The van der Waals surface area contributed by atoms with E-state index in [1.54, 1.807) is 17.4 Å². The molecule has 3 aromatic heterocycles. The molecule has 6 nitrogen and oxygen atoms in total. The number of hydrogen-bond donors (Lipinski definition) is 2. The zero-order valence-electron chi connectivity index (χ0n) is 18.8. The number of carboxylic acids is 1. The second-order valence-corrected chi connectivity index (χ2v) is 12.3. The molecule has 0 spiro atoms. The maximum absolute atomic E-state index is 12.6. The molecule has 1 amide bonds. The number of ether oxygens (including phenoxy) is 1. The van der Waals surface area contributed by atoms with E-state index in [0.717, 1.165) is 43.3 Å². The Morgan fingerprint density at radius 1 is 1.17 bits per heavy atom. The van der Waals surface area contributed by atoms with Crippen molar-refractivity contribution in [3.63, 3.8) is 0 Å². The summed E-state index contributed by atoms with van der Waals surface area (Å²) in [6, 6.07) is 11.2. The third-order valence-corrected chi connectivity index (χ3v) is 9.92. The highest BCUT2D eigenvalue weighted by atomic mass is 35.5. The molecule has 1 aromatic carbocycles. The van der Waals surface area contributed by atoms with Gasteiger partial charge in [0.1, 0.15) is 16.9 Å². The summed E-state index contributed by atoms with van der Waals surface area (Å²) in [6.45, 7) is 0.0694. The fourth-order valence-corrected chi connectivity index (χ4v) is 7.43. The highest BCUT2D eigenvalue weighted by molar-refractivity contribution is 7.28. The molecule has 10 heteroatoms. The number of thiophene rings is 2. The number of benzene rings is 1. The van der Waals surface area contributed by atoms with Crippen LogP contribution in [-0.2, 0) is 21.6 Å². The summed E-state index contributed by atoms with van der Waals surface area (Å²) in [7, 11) is 0. The average molecular weight is 555 g/mol. The number of aliphatic carboxylic acids is 1. The van der Waals surface area contributed by atoms with Crippen molar-refractivity contribution in [3.05, 3.63) is 67.3 Å². The lowest BCUT2D eigenvalue weighted by Crippen LogP contribution is -2.17. The number of anilines is 1. The Labute approximate surface area is 224 Å². The Bertz CT molecular complexity index is 1530. The van der Waals surface area contributed by atoms with Crippen LogP contribution in [0.15, 0.2) is 36.4 Å². The summed E-state index contributed by atoms with van der Waals surface area (Å²) in [5, 5.41) is 13.0. The Kier molecular flexibility index (Phi) is 6.00. The normalized spacial score (nSPS) is 15.8. The number of nitrogens with one attached hydrogen (secondary N) is 1.